The number of carbonyl (C=O) groups excluding carboxylic acids is 2. The molecule has 0 spiro atoms. The fourth-order valence-corrected chi connectivity index (χ4v) is 3.32. The lowest BCUT2D eigenvalue weighted by Crippen LogP contribution is -2.29. The molecule has 0 bridgehead atoms. The van der Waals surface area contributed by atoms with Gasteiger partial charge in [0.25, 0.3) is 5.91 Å². The first-order valence-electron chi connectivity index (χ1n) is 9.40. The summed E-state index contributed by atoms with van der Waals surface area (Å²) in [6.45, 7) is 1.76. The number of carbonyl (C=O) groups is 2. The zero-order valence-electron chi connectivity index (χ0n) is 16.6. The van der Waals surface area contributed by atoms with Gasteiger partial charge in [0, 0.05) is 5.69 Å². The number of amides is 2. The number of hydrogen-bond acceptors (Lipinski definition) is 6. The summed E-state index contributed by atoms with van der Waals surface area (Å²) in [6.07, 6.45) is 1.63. The van der Waals surface area contributed by atoms with Crippen molar-refractivity contribution in [2.45, 2.75) is 19.4 Å². The average Bonchev–Trinajstić information content (AvgIpc) is 3.21. The lowest BCUT2D eigenvalue weighted by molar-refractivity contribution is -0.118. The molecule has 9 heteroatoms. The van der Waals surface area contributed by atoms with E-state index in [1.54, 1.807) is 16.8 Å². The molecule has 154 valence electrons. The number of fused-ring (bicyclic) bond motifs is 1. The maximum absolute atomic E-state index is 12.3. The standard InChI is InChI=1S/C21H21N5O4/c1-13-5-3-4-6-15(13)24-20(28)11-30-17-8-7-14(9-18(17)29-2)16-10-19(27)25-21-22-12-23-26(16)21/h3-9,12,16H,10-11H2,1-2H3,(H,24,28)(H,22,23,25,27)/t16-/m0/s1. The number of aromatic nitrogens is 3. The maximum atomic E-state index is 12.3. The van der Waals surface area contributed by atoms with Crippen molar-refractivity contribution in [2.24, 2.45) is 0 Å². The van der Waals surface area contributed by atoms with Gasteiger partial charge in [0.05, 0.1) is 19.6 Å². The summed E-state index contributed by atoms with van der Waals surface area (Å²) in [5.74, 6) is 0.895. The molecule has 0 radical (unpaired) electrons. The van der Waals surface area contributed by atoms with Crippen molar-refractivity contribution in [3.05, 3.63) is 59.9 Å². The molecule has 0 unspecified atom stereocenters. The number of nitrogens with one attached hydrogen (secondary N) is 2. The third-order valence-electron chi connectivity index (χ3n) is 4.85. The van der Waals surface area contributed by atoms with E-state index in [0.29, 0.717) is 17.4 Å². The van der Waals surface area contributed by atoms with E-state index in [2.05, 4.69) is 20.7 Å². The van der Waals surface area contributed by atoms with E-state index >= 15 is 0 Å². The highest BCUT2D eigenvalue weighted by molar-refractivity contribution is 5.92. The van der Waals surface area contributed by atoms with Crippen molar-refractivity contribution in [3.63, 3.8) is 0 Å². The van der Waals surface area contributed by atoms with E-state index < -0.39 is 0 Å². The van der Waals surface area contributed by atoms with Crippen molar-refractivity contribution < 1.29 is 19.1 Å². The van der Waals surface area contributed by atoms with Gasteiger partial charge in [0.15, 0.2) is 18.1 Å². The van der Waals surface area contributed by atoms with E-state index in [-0.39, 0.29) is 30.9 Å². The number of methoxy groups -OCH3 is 1. The third kappa shape index (κ3) is 3.95. The van der Waals surface area contributed by atoms with Crippen molar-refractivity contribution in [1.29, 1.82) is 0 Å². The van der Waals surface area contributed by atoms with Gasteiger partial charge in [-0.3, -0.25) is 14.9 Å². The highest BCUT2D eigenvalue weighted by Gasteiger charge is 2.28. The molecule has 9 nitrogen and oxygen atoms in total. The minimum Gasteiger partial charge on any atom is -0.493 e. The van der Waals surface area contributed by atoms with Crippen LogP contribution in [0.15, 0.2) is 48.8 Å². The second kappa shape index (κ2) is 8.24. The summed E-state index contributed by atoms with van der Waals surface area (Å²) >= 11 is 0. The van der Waals surface area contributed by atoms with Gasteiger partial charge < -0.3 is 14.8 Å². The minimum atomic E-state index is -0.302. The fraction of sp³-hybridized carbons (Fsp3) is 0.238. The van der Waals surface area contributed by atoms with Crippen LogP contribution in [-0.2, 0) is 9.59 Å². The molecule has 0 fully saturated rings. The van der Waals surface area contributed by atoms with Crippen LogP contribution >= 0.6 is 0 Å². The highest BCUT2D eigenvalue weighted by Crippen LogP contribution is 2.34. The van der Waals surface area contributed by atoms with Crippen LogP contribution in [0, 0.1) is 6.92 Å². The lowest BCUT2D eigenvalue weighted by Gasteiger charge is -2.24. The summed E-state index contributed by atoms with van der Waals surface area (Å²) in [5, 5.41) is 9.71. The number of anilines is 2. The number of aryl methyl sites for hydroxylation is 1. The van der Waals surface area contributed by atoms with Crippen molar-refractivity contribution >= 4 is 23.5 Å². The van der Waals surface area contributed by atoms with Gasteiger partial charge in [0.2, 0.25) is 11.9 Å². The average molecular weight is 407 g/mol. The Hall–Kier alpha value is -3.88. The van der Waals surface area contributed by atoms with Crippen LogP contribution in [0.4, 0.5) is 11.6 Å². The number of hydrogen-bond donors (Lipinski definition) is 2. The van der Waals surface area contributed by atoms with Crippen LogP contribution in [0.1, 0.15) is 23.6 Å². The van der Waals surface area contributed by atoms with Gasteiger partial charge in [-0.2, -0.15) is 10.1 Å². The predicted molar refractivity (Wildman–Crippen MR) is 110 cm³/mol. The number of para-hydroxylation sites is 1. The predicted octanol–water partition coefficient (Wildman–Crippen LogP) is 2.54. The fourth-order valence-electron chi connectivity index (χ4n) is 3.32. The smallest absolute Gasteiger partial charge is 0.262 e. The molecule has 30 heavy (non-hydrogen) atoms. The van der Waals surface area contributed by atoms with Crippen LogP contribution < -0.4 is 20.1 Å². The summed E-state index contributed by atoms with van der Waals surface area (Å²) < 4.78 is 12.8. The first kappa shape index (κ1) is 19.4. The van der Waals surface area contributed by atoms with Gasteiger partial charge in [-0.15, -0.1) is 0 Å². The van der Waals surface area contributed by atoms with Crippen molar-refractivity contribution in [1.82, 2.24) is 14.8 Å². The number of rotatable bonds is 6. The maximum Gasteiger partial charge on any atom is 0.262 e. The van der Waals surface area contributed by atoms with Crippen LogP contribution in [0.5, 0.6) is 11.5 Å². The van der Waals surface area contributed by atoms with Crippen LogP contribution in [0.2, 0.25) is 0 Å². The molecule has 2 aromatic carbocycles. The minimum absolute atomic E-state index is 0.132. The van der Waals surface area contributed by atoms with Crippen LogP contribution in [-0.4, -0.2) is 40.3 Å². The largest absolute Gasteiger partial charge is 0.493 e. The van der Waals surface area contributed by atoms with Gasteiger partial charge in [-0.1, -0.05) is 24.3 Å². The Morgan fingerprint density at radius 1 is 1.27 bits per heavy atom. The van der Waals surface area contributed by atoms with E-state index in [4.69, 9.17) is 9.47 Å². The first-order valence-corrected chi connectivity index (χ1v) is 9.40. The van der Waals surface area contributed by atoms with Gasteiger partial charge in [-0.25, -0.2) is 4.68 Å². The molecule has 0 saturated carbocycles. The van der Waals surface area contributed by atoms with Crippen molar-refractivity contribution in [3.8, 4) is 11.5 Å². The topological polar surface area (TPSA) is 107 Å². The van der Waals surface area contributed by atoms with Crippen LogP contribution in [0.25, 0.3) is 0 Å². The molecular formula is C21H21N5O4. The lowest BCUT2D eigenvalue weighted by atomic mass is 10.0. The highest BCUT2D eigenvalue weighted by atomic mass is 16.5. The van der Waals surface area contributed by atoms with Gasteiger partial charge in [-0.05, 0) is 36.2 Å². The Bertz CT molecular complexity index is 1090. The molecule has 1 aliphatic rings. The summed E-state index contributed by atoms with van der Waals surface area (Å²) in [6, 6.07) is 12.5. The summed E-state index contributed by atoms with van der Waals surface area (Å²) in [4.78, 5) is 28.3. The first-order chi connectivity index (χ1) is 14.5. The molecule has 3 aromatic rings. The SMILES string of the molecule is COc1cc([C@@H]2CC(=O)Nc3ncnn32)ccc1OCC(=O)Nc1ccccc1C. The Morgan fingerprint density at radius 3 is 2.90 bits per heavy atom. The number of benzene rings is 2. The van der Waals surface area contributed by atoms with E-state index in [1.807, 2.05) is 37.3 Å². The van der Waals surface area contributed by atoms with Gasteiger partial charge >= 0.3 is 0 Å². The zero-order valence-corrected chi connectivity index (χ0v) is 16.6. The number of nitrogens with zero attached hydrogens (tertiary/aromatic N) is 3. The van der Waals surface area contributed by atoms with E-state index in [9.17, 15) is 9.59 Å². The second-order valence-electron chi connectivity index (χ2n) is 6.86. The number of ether oxygens (including phenoxy) is 2. The summed E-state index contributed by atoms with van der Waals surface area (Å²) in [7, 11) is 1.52. The molecule has 1 aromatic heterocycles. The quantitative estimate of drug-likeness (QED) is 0.650. The molecule has 2 heterocycles. The molecule has 2 N–H and O–H groups in total. The monoisotopic (exact) mass is 407 g/mol. The summed E-state index contributed by atoms with van der Waals surface area (Å²) in [5.41, 5.74) is 2.54. The molecule has 1 aliphatic heterocycles. The molecular weight excluding hydrogens is 386 g/mol. The van der Waals surface area contributed by atoms with E-state index in [1.165, 1.54) is 13.4 Å². The Kier molecular flexibility index (Phi) is 5.34. The van der Waals surface area contributed by atoms with E-state index in [0.717, 1.165) is 16.8 Å². The second-order valence-corrected chi connectivity index (χ2v) is 6.86. The normalized spacial score (nSPS) is 15.1. The molecule has 2 amide bonds. The van der Waals surface area contributed by atoms with Gasteiger partial charge in [0.1, 0.15) is 6.33 Å². The molecule has 0 saturated heterocycles. The molecule has 4 rings (SSSR count). The molecule has 1 atom stereocenters. The zero-order chi connectivity index (χ0) is 21.1. The Labute approximate surface area is 173 Å². The van der Waals surface area contributed by atoms with Crippen molar-refractivity contribution in [2.75, 3.05) is 24.4 Å². The van der Waals surface area contributed by atoms with Crippen LogP contribution in [0.3, 0.4) is 0 Å². The molecule has 0 aliphatic carbocycles. The third-order valence-corrected chi connectivity index (χ3v) is 4.85. The Morgan fingerprint density at radius 2 is 2.10 bits per heavy atom. The Balaban J connectivity index is 1.48.